The summed E-state index contributed by atoms with van der Waals surface area (Å²) in [6, 6.07) is 6.87. The van der Waals surface area contributed by atoms with Crippen LogP contribution in [0.4, 0.5) is 0 Å². The highest BCUT2D eigenvalue weighted by Crippen LogP contribution is 2.21. The molecule has 0 radical (unpaired) electrons. The molecule has 1 saturated carbocycles. The normalized spacial score (nSPS) is 21.9. The van der Waals surface area contributed by atoms with Crippen LogP contribution < -0.4 is 5.43 Å². The minimum atomic E-state index is -0.205. The van der Waals surface area contributed by atoms with E-state index < -0.39 is 0 Å². The molecule has 0 bridgehead atoms. The second-order valence-electron chi connectivity index (χ2n) is 4.83. The van der Waals surface area contributed by atoms with Crippen LogP contribution in [0.5, 0.6) is 0 Å². The molecule has 0 heterocycles. The number of benzene rings is 1. The molecule has 0 spiro atoms. The van der Waals surface area contributed by atoms with Gasteiger partial charge in [0, 0.05) is 16.3 Å². The predicted octanol–water partition coefficient (Wildman–Crippen LogP) is 3.64. The molecule has 0 aromatic heterocycles. The van der Waals surface area contributed by atoms with Gasteiger partial charge in [0.25, 0.3) is 5.91 Å². The first-order valence-electron chi connectivity index (χ1n) is 6.26. The second-order valence-corrected chi connectivity index (χ2v) is 5.27. The number of amides is 1. The zero-order valence-corrected chi connectivity index (χ0v) is 11.2. The maximum atomic E-state index is 11.8. The highest BCUT2D eigenvalue weighted by molar-refractivity contribution is 6.30. The molecular formula is C14H17ClN2O. The van der Waals surface area contributed by atoms with E-state index in [1.54, 1.807) is 24.3 Å². The first-order chi connectivity index (χ1) is 8.65. The Morgan fingerprint density at radius 1 is 1.50 bits per heavy atom. The Hall–Kier alpha value is -1.35. The van der Waals surface area contributed by atoms with Gasteiger partial charge in [0.15, 0.2) is 0 Å². The van der Waals surface area contributed by atoms with Gasteiger partial charge in [0.2, 0.25) is 0 Å². The van der Waals surface area contributed by atoms with Gasteiger partial charge in [-0.05, 0) is 49.8 Å². The van der Waals surface area contributed by atoms with E-state index in [4.69, 9.17) is 11.6 Å². The van der Waals surface area contributed by atoms with E-state index in [0.717, 1.165) is 25.0 Å². The van der Waals surface area contributed by atoms with E-state index in [1.165, 1.54) is 6.42 Å². The number of hydrogen-bond donors (Lipinski definition) is 1. The summed E-state index contributed by atoms with van der Waals surface area (Å²) >= 11 is 5.84. The van der Waals surface area contributed by atoms with Crippen LogP contribution in [0.25, 0.3) is 0 Å². The van der Waals surface area contributed by atoms with Crippen LogP contribution >= 0.6 is 11.6 Å². The Balaban J connectivity index is 1.97. The fourth-order valence-electron chi connectivity index (χ4n) is 2.19. The van der Waals surface area contributed by atoms with Gasteiger partial charge in [-0.2, -0.15) is 5.10 Å². The van der Waals surface area contributed by atoms with Gasteiger partial charge in [0.05, 0.1) is 0 Å². The standard InChI is InChI=1S/C14H17ClN2O/c1-10-4-2-7-13(8-10)16-17-14(18)11-5-3-6-12(15)9-11/h3,5-6,9-10H,2,4,7-8H2,1H3,(H,17,18). The molecule has 18 heavy (non-hydrogen) atoms. The summed E-state index contributed by atoms with van der Waals surface area (Å²) in [5.74, 6) is 0.462. The van der Waals surface area contributed by atoms with E-state index >= 15 is 0 Å². The van der Waals surface area contributed by atoms with E-state index in [1.807, 2.05) is 0 Å². The molecule has 1 amide bonds. The maximum absolute atomic E-state index is 11.8. The summed E-state index contributed by atoms with van der Waals surface area (Å²) in [4.78, 5) is 11.8. The van der Waals surface area contributed by atoms with Crippen LogP contribution in [-0.4, -0.2) is 11.6 Å². The van der Waals surface area contributed by atoms with Crippen LogP contribution in [0.3, 0.4) is 0 Å². The van der Waals surface area contributed by atoms with Crippen molar-refractivity contribution in [2.24, 2.45) is 11.0 Å². The maximum Gasteiger partial charge on any atom is 0.271 e. The Morgan fingerprint density at radius 3 is 3.06 bits per heavy atom. The summed E-state index contributed by atoms with van der Waals surface area (Å²) in [6.07, 6.45) is 4.38. The Labute approximate surface area is 112 Å². The highest BCUT2D eigenvalue weighted by Gasteiger charge is 2.14. The zero-order valence-electron chi connectivity index (χ0n) is 10.4. The molecule has 1 N–H and O–H groups in total. The van der Waals surface area contributed by atoms with Gasteiger partial charge in [-0.25, -0.2) is 5.43 Å². The molecule has 1 aliphatic rings. The molecule has 1 atom stereocenters. The number of rotatable bonds is 2. The summed E-state index contributed by atoms with van der Waals surface area (Å²) in [7, 11) is 0. The summed E-state index contributed by atoms with van der Waals surface area (Å²) in [5.41, 5.74) is 4.23. The van der Waals surface area contributed by atoms with E-state index in [2.05, 4.69) is 17.5 Å². The summed E-state index contributed by atoms with van der Waals surface area (Å²) < 4.78 is 0. The predicted molar refractivity (Wildman–Crippen MR) is 74.0 cm³/mol. The first-order valence-corrected chi connectivity index (χ1v) is 6.64. The Kier molecular flexibility index (Phi) is 4.37. The third-order valence-corrected chi connectivity index (χ3v) is 3.38. The van der Waals surface area contributed by atoms with Gasteiger partial charge in [-0.3, -0.25) is 4.79 Å². The van der Waals surface area contributed by atoms with Crippen molar-refractivity contribution >= 4 is 23.2 Å². The van der Waals surface area contributed by atoms with Crippen molar-refractivity contribution in [1.82, 2.24) is 5.43 Å². The average Bonchev–Trinajstić information content (AvgIpc) is 2.36. The quantitative estimate of drug-likeness (QED) is 0.814. The molecule has 3 nitrogen and oxygen atoms in total. The lowest BCUT2D eigenvalue weighted by Gasteiger charge is -2.18. The van der Waals surface area contributed by atoms with Crippen molar-refractivity contribution in [3.8, 4) is 0 Å². The lowest BCUT2D eigenvalue weighted by atomic mass is 9.89. The minimum Gasteiger partial charge on any atom is -0.267 e. The number of nitrogens with zero attached hydrogens (tertiary/aromatic N) is 1. The number of carbonyl (C=O) groups excluding carboxylic acids is 1. The minimum absolute atomic E-state index is 0.205. The fraction of sp³-hybridized carbons (Fsp3) is 0.429. The van der Waals surface area contributed by atoms with Gasteiger partial charge in [-0.1, -0.05) is 24.6 Å². The van der Waals surface area contributed by atoms with Crippen molar-refractivity contribution in [3.63, 3.8) is 0 Å². The average molecular weight is 265 g/mol. The molecular weight excluding hydrogens is 248 g/mol. The second kappa shape index (κ2) is 6.01. The Bertz CT molecular complexity index is 471. The SMILES string of the molecule is CC1CCCC(=NNC(=O)c2cccc(Cl)c2)C1. The third kappa shape index (κ3) is 3.57. The van der Waals surface area contributed by atoms with Crippen molar-refractivity contribution < 1.29 is 4.79 Å². The number of nitrogens with one attached hydrogen (secondary N) is 1. The number of hydrazone groups is 1. The van der Waals surface area contributed by atoms with Crippen LogP contribution in [0.2, 0.25) is 5.02 Å². The van der Waals surface area contributed by atoms with Gasteiger partial charge in [-0.15, -0.1) is 0 Å². The largest absolute Gasteiger partial charge is 0.271 e. The number of halogens is 1. The van der Waals surface area contributed by atoms with Crippen molar-refractivity contribution in [3.05, 3.63) is 34.9 Å². The topological polar surface area (TPSA) is 41.5 Å². The van der Waals surface area contributed by atoms with E-state index in [-0.39, 0.29) is 5.91 Å². The van der Waals surface area contributed by atoms with Crippen LogP contribution in [0, 0.1) is 5.92 Å². The van der Waals surface area contributed by atoms with Crippen molar-refractivity contribution in [1.29, 1.82) is 0 Å². The van der Waals surface area contributed by atoms with Crippen LogP contribution in [0.1, 0.15) is 43.0 Å². The molecule has 4 heteroatoms. The smallest absolute Gasteiger partial charge is 0.267 e. The molecule has 2 rings (SSSR count). The zero-order chi connectivity index (χ0) is 13.0. The van der Waals surface area contributed by atoms with Gasteiger partial charge >= 0.3 is 0 Å². The van der Waals surface area contributed by atoms with Gasteiger partial charge in [0.1, 0.15) is 0 Å². The van der Waals surface area contributed by atoms with Gasteiger partial charge < -0.3 is 0 Å². The lowest BCUT2D eigenvalue weighted by molar-refractivity contribution is 0.0954. The van der Waals surface area contributed by atoms with Crippen LogP contribution in [0.15, 0.2) is 29.4 Å². The molecule has 96 valence electrons. The van der Waals surface area contributed by atoms with Crippen molar-refractivity contribution in [2.75, 3.05) is 0 Å². The molecule has 1 aromatic rings. The molecule has 1 unspecified atom stereocenters. The summed E-state index contributed by atoms with van der Waals surface area (Å²) in [6.45, 7) is 2.22. The van der Waals surface area contributed by atoms with E-state index in [9.17, 15) is 4.79 Å². The van der Waals surface area contributed by atoms with E-state index in [0.29, 0.717) is 16.5 Å². The lowest BCUT2D eigenvalue weighted by Crippen LogP contribution is -2.22. The molecule has 1 aromatic carbocycles. The third-order valence-electron chi connectivity index (χ3n) is 3.15. The molecule has 1 fully saturated rings. The van der Waals surface area contributed by atoms with Crippen molar-refractivity contribution in [2.45, 2.75) is 32.6 Å². The molecule has 1 aliphatic carbocycles. The Morgan fingerprint density at radius 2 is 2.33 bits per heavy atom. The summed E-state index contributed by atoms with van der Waals surface area (Å²) in [5, 5.41) is 4.77. The monoisotopic (exact) mass is 264 g/mol. The van der Waals surface area contributed by atoms with Crippen LogP contribution in [-0.2, 0) is 0 Å². The molecule has 0 saturated heterocycles. The highest BCUT2D eigenvalue weighted by atomic mass is 35.5. The molecule has 0 aliphatic heterocycles. The number of carbonyl (C=O) groups is 1. The fourth-order valence-corrected chi connectivity index (χ4v) is 2.38. The first kappa shape index (κ1) is 13.1. The number of hydrogen-bond acceptors (Lipinski definition) is 2.